The van der Waals surface area contributed by atoms with Gasteiger partial charge in [0.1, 0.15) is 0 Å². The number of hydrogen-bond acceptors (Lipinski definition) is 3. The summed E-state index contributed by atoms with van der Waals surface area (Å²) in [7, 11) is 1.91. The summed E-state index contributed by atoms with van der Waals surface area (Å²) >= 11 is 0. The number of hydrogen-bond donors (Lipinski definition) is 1. The van der Waals surface area contributed by atoms with E-state index >= 15 is 0 Å². The Bertz CT molecular complexity index is 414. The normalized spacial score (nSPS) is 10.8. The molecule has 1 amide bonds. The molecule has 5 nitrogen and oxygen atoms in total. The van der Waals surface area contributed by atoms with Crippen molar-refractivity contribution in [3.05, 3.63) is 29.8 Å². The molecule has 104 valence electrons. The molecule has 0 aliphatic rings. The summed E-state index contributed by atoms with van der Waals surface area (Å²) < 4.78 is 0. The number of carbonyl (C=O) groups excluding carboxylic acids is 1. The van der Waals surface area contributed by atoms with Crippen LogP contribution in [0.5, 0.6) is 0 Å². The van der Waals surface area contributed by atoms with Gasteiger partial charge in [0.25, 0.3) is 0 Å². The maximum absolute atomic E-state index is 10.9. The van der Waals surface area contributed by atoms with Gasteiger partial charge < -0.3 is 5.73 Å². The van der Waals surface area contributed by atoms with E-state index in [1.807, 2.05) is 12.1 Å². The van der Waals surface area contributed by atoms with Gasteiger partial charge in [-0.25, -0.2) is 0 Å². The molecule has 1 rings (SSSR count). The van der Waals surface area contributed by atoms with Crippen LogP contribution in [0.1, 0.15) is 43.0 Å². The highest BCUT2D eigenvalue weighted by Gasteiger charge is 1.99. The van der Waals surface area contributed by atoms with Crippen molar-refractivity contribution in [2.45, 2.75) is 32.6 Å². The van der Waals surface area contributed by atoms with Crippen LogP contribution in [0.3, 0.4) is 0 Å². The molecule has 19 heavy (non-hydrogen) atoms. The first-order chi connectivity index (χ1) is 9.13. The second-order valence-corrected chi connectivity index (χ2v) is 4.54. The molecular formula is C14H22N4O. The van der Waals surface area contributed by atoms with E-state index in [4.69, 9.17) is 5.73 Å². The van der Waals surface area contributed by atoms with E-state index in [9.17, 15) is 4.79 Å². The van der Waals surface area contributed by atoms with Gasteiger partial charge in [-0.05, 0) is 30.7 Å². The highest BCUT2D eigenvalue weighted by molar-refractivity contribution is 5.92. The SMILES string of the molecule is CCCCCCN(C)N=Nc1ccc(C(N)=O)cc1. The summed E-state index contributed by atoms with van der Waals surface area (Å²) in [4.78, 5) is 10.9. The van der Waals surface area contributed by atoms with Gasteiger partial charge in [0, 0.05) is 19.2 Å². The van der Waals surface area contributed by atoms with Crippen LogP contribution in [0.4, 0.5) is 5.69 Å². The molecule has 0 radical (unpaired) electrons. The van der Waals surface area contributed by atoms with Gasteiger partial charge in [0.15, 0.2) is 0 Å². The summed E-state index contributed by atoms with van der Waals surface area (Å²) in [6.07, 6.45) is 4.85. The molecule has 5 heteroatoms. The van der Waals surface area contributed by atoms with Gasteiger partial charge in [-0.2, -0.15) is 0 Å². The Labute approximate surface area is 114 Å². The van der Waals surface area contributed by atoms with Crippen molar-refractivity contribution in [1.29, 1.82) is 0 Å². The summed E-state index contributed by atoms with van der Waals surface area (Å²) in [5.74, 6) is -0.434. The van der Waals surface area contributed by atoms with Crippen molar-refractivity contribution in [2.24, 2.45) is 16.1 Å². The smallest absolute Gasteiger partial charge is 0.248 e. The molecule has 0 saturated carbocycles. The van der Waals surface area contributed by atoms with Crippen LogP contribution in [0.25, 0.3) is 0 Å². The molecule has 0 aliphatic heterocycles. The maximum Gasteiger partial charge on any atom is 0.248 e. The van der Waals surface area contributed by atoms with E-state index in [1.54, 1.807) is 24.3 Å². The molecule has 2 N–H and O–H groups in total. The minimum atomic E-state index is -0.434. The van der Waals surface area contributed by atoms with Crippen LogP contribution in [-0.2, 0) is 0 Å². The lowest BCUT2D eigenvalue weighted by molar-refractivity contribution is 0.100. The van der Waals surface area contributed by atoms with Crippen LogP contribution < -0.4 is 5.73 Å². The van der Waals surface area contributed by atoms with E-state index in [0.717, 1.165) is 13.0 Å². The Morgan fingerprint density at radius 3 is 2.47 bits per heavy atom. The quantitative estimate of drug-likeness (QED) is 0.443. The molecule has 0 aromatic heterocycles. The zero-order valence-electron chi connectivity index (χ0n) is 11.7. The predicted octanol–water partition coefficient (Wildman–Crippen LogP) is 3.30. The number of nitrogens with zero attached hydrogens (tertiary/aromatic N) is 3. The summed E-state index contributed by atoms with van der Waals surface area (Å²) in [5.41, 5.74) is 6.36. The standard InChI is InChI=1S/C14H22N4O/c1-3-4-5-6-11-18(2)17-16-13-9-7-12(8-10-13)14(15)19/h7-10H,3-6,11H2,1-2H3,(H2,15,19). The maximum atomic E-state index is 10.9. The van der Waals surface area contributed by atoms with Crippen LogP contribution in [0, 0.1) is 0 Å². The average Bonchev–Trinajstić information content (AvgIpc) is 2.42. The van der Waals surface area contributed by atoms with E-state index < -0.39 is 5.91 Å². The molecule has 0 fully saturated rings. The van der Waals surface area contributed by atoms with Crippen molar-refractivity contribution >= 4 is 11.6 Å². The van der Waals surface area contributed by atoms with Crippen molar-refractivity contribution in [3.8, 4) is 0 Å². The third kappa shape index (κ3) is 5.99. The minimum Gasteiger partial charge on any atom is -0.366 e. The molecule has 1 aromatic carbocycles. The van der Waals surface area contributed by atoms with Gasteiger partial charge in [0.2, 0.25) is 5.91 Å². The van der Waals surface area contributed by atoms with Crippen LogP contribution in [0.2, 0.25) is 0 Å². The highest BCUT2D eigenvalue weighted by atomic mass is 16.1. The largest absolute Gasteiger partial charge is 0.366 e. The summed E-state index contributed by atoms with van der Waals surface area (Å²) in [6.45, 7) is 3.10. The molecule has 0 spiro atoms. The molecule has 0 bridgehead atoms. The van der Waals surface area contributed by atoms with E-state index in [-0.39, 0.29) is 0 Å². The molecule has 0 heterocycles. The third-order valence-corrected chi connectivity index (χ3v) is 2.80. The van der Waals surface area contributed by atoms with Gasteiger partial charge >= 0.3 is 0 Å². The number of rotatable bonds is 8. The Morgan fingerprint density at radius 1 is 1.21 bits per heavy atom. The first-order valence-corrected chi connectivity index (χ1v) is 6.66. The number of carbonyl (C=O) groups is 1. The second kappa shape index (κ2) is 8.24. The molecule has 0 atom stereocenters. The Morgan fingerprint density at radius 2 is 1.89 bits per heavy atom. The lowest BCUT2D eigenvalue weighted by atomic mass is 10.2. The van der Waals surface area contributed by atoms with Crippen molar-refractivity contribution in [1.82, 2.24) is 5.01 Å². The van der Waals surface area contributed by atoms with Gasteiger partial charge in [-0.3, -0.25) is 9.80 Å². The zero-order valence-corrected chi connectivity index (χ0v) is 11.7. The highest BCUT2D eigenvalue weighted by Crippen LogP contribution is 2.13. The van der Waals surface area contributed by atoms with Crippen molar-refractivity contribution < 1.29 is 4.79 Å². The molecule has 0 saturated heterocycles. The fourth-order valence-electron chi connectivity index (χ4n) is 1.63. The predicted molar refractivity (Wildman–Crippen MR) is 76.2 cm³/mol. The zero-order chi connectivity index (χ0) is 14.1. The monoisotopic (exact) mass is 262 g/mol. The van der Waals surface area contributed by atoms with Crippen molar-refractivity contribution in [3.63, 3.8) is 0 Å². The Kier molecular flexibility index (Phi) is 6.57. The van der Waals surface area contributed by atoms with Crippen LogP contribution in [-0.4, -0.2) is 24.5 Å². The lowest BCUT2D eigenvalue weighted by Gasteiger charge is -2.10. The molecular weight excluding hydrogens is 240 g/mol. The minimum absolute atomic E-state index is 0.434. The molecule has 1 aromatic rings. The van der Waals surface area contributed by atoms with Gasteiger partial charge in [-0.1, -0.05) is 31.4 Å². The van der Waals surface area contributed by atoms with E-state index in [0.29, 0.717) is 11.3 Å². The van der Waals surface area contributed by atoms with Gasteiger partial charge in [-0.15, -0.1) is 5.11 Å². The summed E-state index contributed by atoms with van der Waals surface area (Å²) in [6, 6.07) is 6.76. The first kappa shape index (κ1) is 15.1. The number of nitrogens with two attached hydrogens (primary N) is 1. The topological polar surface area (TPSA) is 71.1 Å². The van der Waals surface area contributed by atoms with Crippen LogP contribution in [0.15, 0.2) is 34.6 Å². The fourth-order valence-corrected chi connectivity index (χ4v) is 1.63. The lowest BCUT2D eigenvalue weighted by Crippen LogP contribution is -2.11. The average molecular weight is 262 g/mol. The van der Waals surface area contributed by atoms with Gasteiger partial charge in [0.05, 0.1) is 5.69 Å². The number of unbranched alkanes of at least 4 members (excludes halogenated alkanes) is 3. The van der Waals surface area contributed by atoms with E-state index in [1.165, 1.54) is 19.3 Å². The second-order valence-electron chi connectivity index (χ2n) is 4.54. The third-order valence-electron chi connectivity index (χ3n) is 2.80. The fraction of sp³-hybridized carbons (Fsp3) is 0.500. The Hall–Kier alpha value is -1.91. The molecule has 0 aliphatic carbocycles. The van der Waals surface area contributed by atoms with Crippen molar-refractivity contribution in [2.75, 3.05) is 13.6 Å². The first-order valence-electron chi connectivity index (χ1n) is 6.66. The number of primary amides is 1. The number of amides is 1. The Balaban J connectivity index is 2.40. The van der Waals surface area contributed by atoms with E-state index in [2.05, 4.69) is 17.3 Å². The molecule has 0 unspecified atom stereocenters. The summed E-state index contributed by atoms with van der Waals surface area (Å²) in [5, 5.41) is 10.0. The van der Waals surface area contributed by atoms with Crippen LogP contribution >= 0.6 is 0 Å². The number of benzene rings is 1.